The van der Waals surface area contributed by atoms with E-state index in [9.17, 15) is 31.9 Å². The van der Waals surface area contributed by atoms with E-state index in [0.717, 1.165) is 16.7 Å². The molecular formula is C46H44F4N6O6. The van der Waals surface area contributed by atoms with Gasteiger partial charge in [-0.15, -0.1) is 0 Å². The van der Waals surface area contributed by atoms with Gasteiger partial charge in [-0.1, -0.05) is 85.3 Å². The lowest BCUT2D eigenvalue weighted by molar-refractivity contribution is -0.149. The van der Waals surface area contributed by atoms with E-state index in [1.165, 1.54) is 72.4 Å². The summed E-state index contributed by atoms with van der Waals surface area (Å²) < 4.78 is 66.4. The van der Waals surface area contributed by atoms with Crippen LogP contribution in [-0.2, 0) is 30.2 Å². The number of hydrogen-bond donors (Lipinski definition) is 2. The number of benzene rings is 4. The van der Waals surface area contributed by atoms with Gasteiger partial charge >= 0.3 is 19.2 Å². The summed E-state index contributed by atoms with van der Waals surface area (Å²) in [5.74, 6) is -1.10. The highest BCUT2D eigenvalue weighted by molar-refractivity contribution is 6.09. The molecular weight excluding hydrogens is 809 g/mol. The van der Waals surface area contributed by atoms with E-state index < -0.39 is 36.1 Å². The van der Waals surface area contributed by atoms with Crippen molar-refractivity contribution in [1.82, 2.24) is 9.80 Å². The minimum Gasteiger partial charge on any atom is -0.459 e. The Morgan fingerprint density at radius 3 is 1.52 bits per heavy atom. The average Bonchev–Trinajstić information content (AvgIpc) is 3.60. The van der Waals surface area contributed by atoms with Crippen molar-refractivity contribution in [3.05, 3.63) is 142 Å². The van der Waals surface area contributed by atoms with Crippen LogP contribution in [0.3, 0.4) is 0 Å². The SMILES string of the molecule is CCC(C(=O)OC1CC(c2cccc(C3(c4ccc(OC(F)F)cc4)N=C(N)N(C)C3=O)c2)C1)=C1CC(c2cccc(C3(c4ccc(OC(F)F)cc4)N=C(N)N(C)C3=O)c2)C1. The number of carbonyl (C=O) groups excluding carboxylic acids is 3. The third-order valence-corrected chi connectivity index (χ3v) is 12.4. The van der Waals surface area contributed by atoms with Crippen LogP contribution >= 0.6 is 0 Å². The number of nitrogens with two attached hydrogens (primary N) is 2. The van der Waals surface area contributed by atoms with Crippen LogP contribution in [-0.4, -0.2) is 72.9 Å². The molecule has 4 aromatic rings. The minimum atomic E-state index is -3.00. The zero-order valence-corrected chi connectivity index (χ0v) is 34.1. The summed E-state index contributed by atoms with van der Waals surface area (Å²) >= 11 is 0. The van der Waals surface area contributed by atoms with Crippen molar-refractivity contribution in [2.45, 2.75) is 81.3 Å². The molecule has 4 aliphatic rings. The Morgan fingerprint density at radius 2 is 1.13 bits per heavy atom. The van der Waals surface area contributed by atoms with Crippen LogP contribution in [0.4, 0.5) is 17.6 Å². The summed E-state index contributed by atoms with van der Waals surface area (Å²) in [4.78, 5) is 53.0. The van der Waals surface area contributed by atoms with Crippen LogP contribution in [0.15, 0.2) is 118 Å². The number of amides is 2. The number of guanidine groups is 2. The van der Waals surface area contributed by atoms with Gasteiger partial charge in [-0.25, -0.2) is 14.8 Å². The summed E-state index contributed by atoms with van der Waals surface area (Å²) in [6.07, 6.45) is 2.58. The van der Waals surface area contributed by atoms with Gasteiger partial charge in [-0.3, -0.25) is 19.4 Å². The predicted octanol–water partition coefficient (Wildman–Crippen LogP) is 7.02. The fourth-order valence-corrected chi connectivity index (χ4v) is 8.87. The fourth-order valence-electron chi connectivity index (χ4n) is 8.87. The van der Waals surface area contributed by atoms with Gasteiger partial charge in [0.05, 0.1) is 0 Å². The molecule has 4 aromatic carbocycles. The highest BCUT2D eigenvalue weighted by atomic mass is 19.3. The molecule has 0 spiro atoms. The molecule has 0 aromatic heterocycles. The number of halogens is 4. The van der Waals surface area contributed by atoms with Crippen LogP contribution in [0.1, 0.15) is 84.2 Å². The third-order valence-electron chi connectivity index (χ3n) is 12.4. The molecule has 62 heavy (non-hydrogen) atoms. The quantitative estimate of drug-likeness (QED) is 0.0824. The normalized spacial score (nSPS) is 24.5. The minimum absolute atomic E-state index is 0.0176. The molecule has 12 nitrogen and oxygen atoms in total. The monoisotopic (exact) mass is 852 g/mol. The molecule has 0 radical (unpaired) electrons. The Labute approximate surface area is 354 Å². The highest BCUT2D eigenvalue weighted by Crippen LogP contribution is 2.48. The van der Waals surface area contributed by atoms with E-state index in [0.29, 0.717) is 59.9 Å². The number of alkyl halides is 4. The summed E-state index contributed by atoms with van der Waals surface area (Å²) in [5.41, 5.74) is 14.8. The van der Waals surface area contributed by atoms with Crippen molar-refractivity contribution in [2.75, 3.05) is 14.1 Å². The lowest BCUT2D eigenvalue weighted by atomic mass is 9.72. The van der Waals surface area contributed by atoms with Crippen LogP contribution in [0.5, 0.6) is 11.5 Å². The lowest BCUT2D eigenvalue weighted by Gasteiger charge is -2.37. The second-order valence-electron chi connectivity index (χ2n) is 15.9. The molecule has 4 N–H and O–H groups in total. The fraction of sp³-hybridized carbons (Fsp3) is 0.326. The number of allylic oxidation sites excluding steroid dienone is 1. The first-order valence-corrected chi connectivity index (χ1v) is 20.1. The topological polar surface area (TPSA) is 162 Å². The Balaban J connectivity index is 0.944. The second kappa shape index (κ2) is 16.3. The number of rotatable bonds is 13. The van der Waals surface area contributed by atoms with E-state index in [1.807, 2.05) is 43.3 Å². The van der Waals surface area contributed by atoms with Gasteiger partial charge in [0.2, 0.25) is 0 Å². The van der Waals surface area contributed by atoms with Gasteiger partial charge in [0, 0.05) is 19.7 Å². The summed E-state index contributed by atoms with van der Waals surface area (Å²) in [5, 5.41) is 0. The maximum Gasteiger partial charge on any atom is 0.387 e. The Hall–Kier alpha value is -6.71. The molecule has 2 aliphatic heterocycles. The number of nitrogens with zero attached hydrogens (tertiary/aromatic N) is 4. The largest absolute Gasteiger partial charge is 0.459 e. The molecule has 322 valence electrons. The zero-order valence-electron chi connectivity index (χ0n) is 34.1. The van der Waals surface area contributed by atoms with E-state index in [4.69, 9.17) is 16.2 Å². The molecule has 8 rings (SSSR count). The predicted molar refractivity (Wildman–Crippen MR) is 221 cm³/mol. The van der Waals surface area contributed by atoms with Gasteiger partial charge in [0.15, 0.2) is 23.0 Å². The Morgan fingerprint density at radius 1 is 0.694 bits per heavy atom. The van der Waals surface area contributed by atoms with Crippen molar-refractivity contribution in [3.63, 3.8) is 0 Å². The lowest BCUT2D eigenvalue weighted by Crippen LogP contribution is -2.41. The Kier molecular flexibility index (Phi) is 11.0. The van der Waals surface area contributed by atoms with E-state index in [-0.39, 0.29) is 47.3 Å². The second-order valence-corrected chi connectivity index (χ2v) is 15.9. The van der Waals surface area contributed by atoms with Gasteiger partial charge in [0.25, 0.3) is 11.8 Å². The van der Waals surface area contributed by atoms with Gasteiger partial charge in [-0.05, 0) is 102 Å². The molecule has 16 heteroatoms. The number of likely N-dealkylation sites (N-methyl/N-ethyl adjacent to an activating group) is 2. The van der Waals surface area contributed by atoms with Crippen LogP contribution in [0.25, 0.3) is 0 Å². The maximum atomic E-state index is 13.8. The van der Waals surface area contributed by atoms with Gasteiger partial charge in [0.1, 0.15) is 17.6 Å². The number of hydrogen-bond acceptors (Lipinski definition) is 10. The first kappa shape index (κ1) is 42.0. The molecule has 2 atom stereocenters. The number of carbonyl (C=O) groups is 3. The van der Waals surface area contributed by atoms with Crippen molar-refractivity contribution in [3.8, 4) is 11.5 Å². The third kappa shape index (κ3) is 7.30. The molecule has 2 amide bonds. The van der Waals surface area contributed by atoms with Crippen molar-refractivity contribution in [2.24, 2.45) is 21.5 Å². The first-order valence-electron chi connectivity index (χ1n) is 20.1. The van der Waals surface area contributed by atoms with Gasteiger partial charge < -0.3 is 25.7 Å². The molecule has 2 heterocycles. The van der Waals surface area contributed by atoms with Crippen LogP contribution < -0.4 is 20.9 Å². The number of ether oxygens (including phenoxy) is 3. The summed E-state index contributed by atoms with van der Waals surface area (Å²) in [6, 6.07) is 26.5. The van der Waals surface area contributed by atoms with E-state index in [2.05, 4.69) is 19.5 Å². The molecule has 2 unspecified atom stereocenters. The van der Waals surface area contributed by atoms with Gasteiger partial charge in [-0.2, -0.15) is 17.6 Å². The molecule has 0 saturated heterocycles. The summed E-state index contributed by atoms with van der Waals surface area (Å²) in [6.45, 7) is -4.08. The van der Waals surface area contributed by atoms with Crippen molar-refractivity contribution >= 4 is 29.7 Å². The smallest absolute Gasteiger partial charge is 0.387 e. The maximum absolute atomic E-state index is 13.8. The number of esters is 1. The first-order chi connectivity index (χ1) is 29.6. The zero-order chi connectivity index (χ0) is 44.1. The summed E-state index contributed by atoms with van der Waals surface area (Å²) in [7, 11) is 3.05. The van der Waals surface area contributed by atoms with E-state index in [1.54, 1.807) is 12.1 Å². The highest BCUT2D eigenvalue weighted by Gasteiger charge is 2.51. The van der Waals surface area contributed by atoms with Crippen molar-refractivity contribution in [1.29, 1.82) is 0 Å². The van der Waals surface area contributed by atoms with Crippen LogP contribution in [0.2, 0.25) is 0 Å². The Bertz CT molecular complexity index is 2500. The molecule has 2 aliphatic carbocycles. The van der Waals surface area contributed by atoms with E-state index >= 15 is 0 Å². The molecule has 0 bridgehead atoms. The average molecular weight is 853 g/mol. The molecule has 2 saturated carbocycles. The number of aliphatic imine (C=N–C) groups is 2. The van der Waals surface area contributed by atoms with Crippen LogP contribution in [0, 0.1) is 0 Å². The molecule has 2 fully saturated rings. The standard InChI is InChI=1S/C46H44F4N6O6/c1-4-37(29-19-27(20-29)25-7-5-9-32(21-25)45(39(58)55(2)43(51)53-45)30-11-15-34(16-12-30)61-41(47)48)38(57)60-36-23-28(24-36)26-8-6-10-33(22-26)46(40(59)56(3)44(52)54-46)31-13-17-35(18-14-31)62-42(49)50/h5-18,21-22,27-28,36,41-42H,4,19-20,23-24H2,1-3H3,(H2,51,53)(H2,52,54). The van der Waals surface area contributed by atoms with Crippen molar-refractivity contribution < 1.29 is 46.2 Å².